The summed E-state index contributed by atoms with van der Waals surface area (Å²) in [6.07, 6.45) is 0.597. The molecular weight excluding hydrogens is 248 g/mol. The Hall–Kier alpha value is -2.84. The molecule has 0 N–H and O–H groups in total. The fraction of sp³-hybridized carbons (Fsp3) is 0.0625. The molecule has 0 unspecified atom stereocenters. The number of hydrogen-bond donors (Lipinski definition) is 0. The SMILES string of the molecule is [N-]=[N+]=C1C(Cc2ccccc2)=NN=C1c1ccccc1. The first-order valence-corrected chi connectivity index (χ1v) is 6.35. The van der Waals surface area contributed by atoms with E-state index in [9.17, 15) is 5.53 Å². The summed E-state index contributed by atoms with van der Waals surface area (Å²) in [6.45, 7) is 0. The van der Waals surface area contributed by atoms with Crippen LogP contribution in [0.4, 0.5) is 0 Å². The monoisotopic (exact) mass is 260 g/mol. The van der Waals surface area contributed by atoms with Crippen LogP contribution in [0.1, 0.15) is 11.1 Å². The molecule has 0 fully saturated rings. The number of benzene rings is 2. The molecule has 1 aliphatic heterocycles. The van der Waals surface area contributed by atoms with Crippen molar-refractivity contribution >= 4 is 17.1 Å². The molecule has 2 aromatic carbocycles. The molecule has 2 aromatic rings. The maximum atomic E-state index is 9.27. The maximum absolute atomic E-state index is 9.27. The normalized spacial score (nSPS) is 13.7. The molecular formula is C16H12N4. The Bertz CT molecular complexity index is 724. The van der Waals surface area contributed by atoms with E-state index in [1.54, 1.807) is 0 Å². The first-order chi connectivity index (χ1) is 9.88. The third-order valence-corrected chi connectivity index (χ3v) is 3.13. The minimum Gasteiger partial charge on any atom is -0.361 e. The first kappa shape index (κ1) is 12.2. The van der Waals surface area contributed by atoms with Crippen molar-refractivity contribution in [1.29, 1.82) is 0 Å². The van der Waals surface area contributed by atoms with Crippen LogP contribution in [-0.4, -0.2) is 21.9 Å². The van der Waals surface area contributed by atoms with Crippen LogP contribution in [0.25, 0.3) is 5.53 Å². The molecule has 4 heteroatoms. The Morgan fingerprint density at radius 3 is 2.15 bits per heavy atom. The van der Waals surface area contributed by atoms with E-state index in [1.807, 2.05) is 60.7 Å². The third-order valence-electron chi connectivity index (χ3n) is 3.13. The van der Waals surface area contributed by atoms with Crippen LogP contribution in [0, 0.1) is 0 Å². The van der Waals surface area contributed by atoms with E-state index in [1.165, 1.54) is 0 Å². The molecule has 0 spiro atoms. The molecule has 0 saturated carbocycles. The molecule has 0 atom stereocenters. The molecule has 3 rings (SSSR count). The fourth-order valence-corrected chi connectivity index (χ4v) is 2.15. The van der Waals surface area contributed by atoms with Gasteiger partial charge in [0.1, 0.15) is 0 Å². The Balaban J connectivity index is 1.86. The summed E-state index contributed by atoms with van der Waals surface area (Å²) >= 11 is 0. The van der Waals surface area contributed by atoms with E-state index in [0.717, 1.165) is 11.1 Å². The minimum atomic E-state index is 0.444. The van der Waals surface area contributed by atoms with Crippen molar-refractivity contribution in [3.63, 3.8) is 0 Å². The second kappa shape index (κ2) is 5.43. The average molecular weight is 260 g/mol. The van der Waals surface area contributed by atoms with Gasteiger partial charge in [0.05, 0.1) is 0 Å². The van der Waals surface area contributed by atoms with Gasteiger partial charge in [0.2, 0.25) is 0 Å². The summed E-state index contributed by atoms with van der Waals surface area (Å²) in [6, 6.07) is 19.5. The smallest absolute Gasteiger partial charge is 0.361 e. The Morgan fingerprint density at radius 1 is 0.850 bits per heavy atom. The number of nitrogens with zero attached hydrogens (tertiary/aromatic N) is 4. The lowest BCUT2D eigenvalue weighted by atomic mass is 9.99. The highest BCUT2D eigenvalue weighted by atomic mass is 15.2. The molecule has 20 heavy (non-hydrogen) atoms. The minimum absolute atomic E-state index is 0.444. The largest absolute Gasteiger partial charge is 0.366 e. The summed E-state index contributed by atoms with van der Waals surface area (Å²) in [5, 5.41) is 8.30. The lowest BCUT2D eigenvalue weighted by molar-refractivity contribution is 0.00188. The predicted octanol–water partition coefficient (Wildman–Crippen LogP) is 2.76. The highest BCUT2D eigenvalue weighted by Gasteiger charge is 2.30. The van der Waals surface area contributed by atoms with Crippen LogP contribution in [0.2, 0.25) is 0 Å². The first-order valence-electron chi connectivity index (χ1n) is 6.35. The Labute approximate surface area is 116 Å². The molecule has 1 aliphatic rings. The molecule has 4 nitrogen and oxygen atoms in total. The molecule has 0 aromatic heterocycles. The lowest BCUT2D eigenvalue weighted by Gasteiger charge is -1.98. The average Bonchev–Trinajstić information content (AvgIpc) is 2.92. The maximum Gasteiger partial charge on any atom is 0.366 e. The van der Waals surface area contributed by atoms with Gasteiger partial charge in [-0.3, -0.25) is 0 Å². The quantitative estimate of drug-likeness (QED) is 0.602. The van der Waals surface area contributed by atoms with Gasteiger partial charge in [0, 0.05) is 12.0 Å². The van der Waals surface area contributed by atoms with Gasteiger partial charge in [0.15, 0.2) is 11.4 Å². The van der Waals surface area contributed by atoms with Crippen LogP contribution < -0.4 is 0 Å². The zero-order valence-electron chi connectivity index (χ0n) is 10.8. The van der Waals surface area contributed by atoms with Crippen LogP contribution in [-0.2, 0) is 6.42 Å². The van der Waals surface area contributed by atoms with Gasteiger partial charge in [0.25, 0.3) is 0 Å². The summed E-state index contributed by atoms with van der Waals surface area (Å²) in [5.41, 5.74) is 13.0. The summed E-state index contributed by atoms with van der Waals surface area (Å²) in [7, 11) is 0. The molecule has 96 valence electrons. The van der Waals surface area contributed by atoms with Gasteiger partial charge >= 0.3 is 5.71 Å². The Kier molecular flexibility index (Phi) is 3.31. The van der Waals surface area contributed by atoms with E-state index in [0.29, 0.717) is 23.6 Å². The second-order valence-electron chi connectivity index (χ2n) is 4.47. The van der Waals surface area contributed by atoms with E-state index >= 15 is 0 Å². The van der Waals surface area contributed by atoms with Crippen LogP contribution in [0.5, 0.6) is 0 Å². The molecule has 0 aliphatic carbocycles. The highest BCUT2D eigenvalue weighted by Crippen LogP contribution is 2.12. The van der Waals surface area contributed by atoms with Crippen LogP contribution in [0.15, 0.2) is 70.9 Å². The van der Waals surface area contributed by atoms with E-state index in [4.69, 9.17) is 0 Å². The van der Waals surface area contributed by atoms with Crippen molar-refractivity contribution in [2.24, 2.45) is 10.2 Å². The molecule has 0 amide bonds. The number of rotatable bonds is 3. The number of hydrogen-bond acceptors (Lipinski definition) is 2. The zero-order chi connectivity index (χ0) is 13.8. The summed E-state index contributed by atoms with van der Waals surface area (Å²) < 4.78 is 0. The summed E-state index contributed by atoms with van der Waals surface area (Å²) in [4.78, 5) is 3.38. The van der Waals surface area contributed by atoms with Crippen molar-refractivity contribution < 1.29 is 4.79 Å². The molecule has 1 heterocycles. The fourth-order valence-electron chi connectivity index (χ4n) is 2.15. The van der Waals surface area contributed by atoms with Crippen LogP contribution >= 0.6 is 0 Å². The zero-order valence-corrected chi connectivity index (χ0v) is 10.8. The van der Waals surface area contributed by atoms with Gasteiger partial charge in [-0.1, -0.05) is 60.7 Å². The van der Waals surface area contributed by atoms with Gasteiger partial charge < -0.3 is 5.53 Å². The Morgan fingerprint density at radius 2 is 1.50 bits per heavy atom. The standard InChI is InChI=1S/C16H12N4/c17-18-16-14(11-12-7-3-1-4-8-12)19-20-15(16)13-9-5-2-6-10-13/h1-10H,11H2. The van der Waals surface area contributed by atoms with Crippen molar-refractivity contribution in [2.45, 2.75) is 6.42 Å². The van der Waals surface area contributed by atoms with Crippen molar-refractivity contribution in [1.82, 2.24) is 0 Å². The lowest BCUT2D eigenvalue weighted by Crippen LogP contribution is -2.23. The molecule has 0 bridgehead atoms. The summed E-state index contributed by atoms with van der Waals surface area (Å²) in [5.74, 6) is 0. The molecule has 0 radical (unpaired) electrons. The van der Waals surface area contributed by atoms with Crippen molar-refractivity contribution in [2.75, 3.05) is 0 Å². The van der Waals surface area contributed by atoms with Gasteiger partial charge in [-0.25, -0.2) is 0 Å². The van der Waals surface area contributed by atoms with E-state index in [-0.39, 0.29) is 0 Å². The third kappa shape index (κ3) is 2.32. The van der Waals surface area contributed by atoms with Crippen molar-refractivity contribution in [3.05, 3.63) is 77.3 Å². The van der Waals surface area contributed by atoms with E-state index in [2.05, 4.69) is 15.0 Å². The van der Waals surface area contributed by atoms with Gasteiger partial charge in [-0.2, -0.15) is 4.79 Å². The van der Waals surface area contributed by atoms with Gasteiger partial charge in [-0.05, 0) is 5.56 Å². The predicted molar refractivity (Wildman–Crippen MR) is 79.2 cm³/mol. The van der Waals surface area contributed by atoms with E-state index < -0.39 is 0 Å². The second-order valence-corrected chi connectivity index (χ2v) is 4.47. The molecule has 0 saturated heterocycles. The van der Waals surface area contributed by atoms with Crippen LogP contribution in [0.3, 0.4) is 0 Å². The topological polar surface area (TPSA) is 61.1 Å². The highest BCUT2D eigenvalue weighted by molar-refractivity contribution is 6.71. The van der Waals surface area contributed by atoms with Gasteiger partial charge in [-0.15, -0.1) is 10.2 Å². The van der Waals surface area contributed by atoms with Crippen molar-refractivity contribution in [3.8, 4) is 0 Å².